The molecule has 29 heavy (non-hydrogen) atoms. The van der Waals surface area contributed by atoms with Crippen molar-refractivity contribution in [3.8, 4) is 11.1 Å². The Morgan fingerprint density at radius 2 is 1.52 bits per heavy atom. The Hall–Kier alpha value is -3.13. The first-order valence-electron chi connectivity index (χ1n) is 10.1. The number of hydrogen-bond donors (Lipinski definition) is 0. The largest absolute Gasteiger partial charge is 0.365 e. The molecule has 0 amide bonds. The van der Waals surface area contributed by atoms with Gasteiger partial charge in [-0.05, 0) is 79.8 Å². The van der Waals surface area contributed by atoms with Crippen molar-refractivity contribution in [1.29, 1.82) is 0 Å². The van der Waals surface area contributed by atoms with Gasteiger partial charge in [-0.1, -0.05) is 48.5 Å². The minimum absolute atomic E-state index is 0.0274. The van der Waals surface area contributed by atoms with Gasteiger partial charge in [0.1, 0.15) is 0 Å². The normalized spacial score (nSPS) is 15.3. The fourth-order valence-corrected chi connectivity index (χ4v) is 3.97. The molecule has 0 radical (unpaired) electrons. The SMILES string of the molecule is CC1=CC(C)(C)N(C)c2cc(C)c(C=Nc3ccc(-c4ccccc4)cc3)cc21. The predicted octanol–water partition coefficient (Wildman–Crippen LogP) is 7.04. The molecule has 0 unspecified atom stereocenters. The zero-order valence-electron chi connectivity index (χ0n) is 17.9. The summed E-state index contributed by atoms with van der Waals surface area (Å²) in [6.45, 7) is 8.87. The standard InChI is InChI=1S/C27H28N2/c1-19-15-26-25(20(2)17-27(3,4)29(26)5)16-23(19)18-28-24-13-11-22(12-14-24)21-9-7-6-8-10-21/h6-18H,1-5H3. The zero-order chi connectivity index (χ0) is 20.6. The monoisotopic (exact) mass is 380 g/mol. The average Bonchev–Trinajstić information content (AvgIpc) is 2.72. The number of rotatable bonds is 3. The Labute approximate surface area is 174 Å². The van der Waals surface area contributed by atoms with Crippen LogP contribution >= 0.6 is 0 Å². The van der Waals surface area contributed by atoms with Gasteiger partial charge in [-0.2, -0.15) is 0 Å². The minimum Gasteiger partial charge on any atom is -0.365 e. The molecule has 3 aromatic rings. The molecule has 0 aliphatic carbocycles. The van der Waals surface area contributed by atoms with Crippen LogP contribution in [0.2, 0.25) is 0 Å². The number of anilines is 1. The van der Waals surface area contributed by atoms with Gasteiger partial charge in [-0.25, -0.2) is 0 Å². The van der Waals surface area contributed by atoms with Crippen molar-refractivity contribution in [2.24, 2.45) is 4.99 Å². The summed E-state index contributed by atoms with van der Waals surface area (Å²) in [4.78, 5) is 7.09. The maximum atomic E-state index is 4.74. The van der Waals surface area contributed by atoms with Crippen molar-refractivity contribution in [3.63, 3.8) is 0 Å². The summed E-state index contributed by atoms with van der Waals surface area (Å²) >= 11 is 0. The van der Waals surface area contributed by atoms with E-state index in [2.05, 4.69) is 106 Å². The molecule has 1 aliphatic heterocycles. The zero-order valence-corrected chi connectivity index (χ0v) is 17.9. The van der Waals surface area contributed by atoms with E-state index < -0.39 is 0 Å². The van der Waals surface area contributed by atoms with Crippen LogP contribution in [-0.2, 0) is 0 Å². The number of fused-ring (bicyclic) bond motifs is 1. The molecule has 0 fully saturated rings. The molecule has 1 aliphatic rings. The Balaban J connectivity index is 1.62. The van der Waals surface area contributed by atoms with Crippen LogP contribution < -0.4 is 4.90 Å². The molecular weight excluding hydrogens is 352 g/mol. The second kappa shape index (κ2) is 7.36. The van der Waals surface area contributed by atoms with Crippen LogP contribution in [0, 0.1) is 6.92 Å². The van der Waals surface area contributed by atoms with E-state index in [-0.39, 0.29) is 5.54 Å². The van der Waals surface area contributed by atoms with Crippen molar-refractivity contribution in [2.75, 3.05) is 11.9 Å². The molecule has 0 bridgehead atoms. The summed E-state index contributed by atoms with van der Waals surface area (Å²) in [6.07, 6.45) is 4.33. The van der Waals surface area contributed by atoms with Gasteiger partial charge in [-0.15, -0.1) is 0 Å². The van der Waals surface area contributed by atoms with Crippen LogP contribution in [0.1, 0.15) is 37.5 Å². The lowest BCUT2D eigenvalue weighted by Gasteiger charge is -2.41. The van der Waals surface area contributed by atoms with E-state index in [0.29, 0.717) is 0 Å². The van der Waals surface area contributed by atoms with Crippen molar-refractivity contribution < 1.29 is 0 Å². The lowest BCUT2D eigenvalue weighted by atomic mass is 9.87. The lowest BCUT2D eigenvalue weighted by Crippen LogP contribution is -2.42. The van der Waals surface area contributed by atoms with Gasteiger partial charge >= 0.3 is 0 Å². The maximum absolute atomic E-state index is 4.74. The summed E-state index contributed by atoms with van der Waals surface area (Å²) in [5, 5.41) is 0. The van der Waals surface area contributed by atoms with Crippen molar-refractivity contribution >= 4 is 23.2 Å². The molecular formula is C27H28N2. The number of nitrogens with zero attached hydrogens (tertiary/aromatic N) is 2. The summed E-state index contributed by atoms with van der Waals surface area (Å²) in [6, 6.07) is 23.4. The second-order valence-corrected chi connectivity index (χ2v) is 8.44. The molecule has 1 heterocycles. The second-order valence-electron chi connectivity index (χ2n) is 8.44. The molecule has 3 aromatic carbocycles. The summed E-state index contributed by atoms with van der Waals surface area (Å²) in [7, 11) is 2.17. The molecule has 0 saturated heterocycles. The molecule has 0 spiro atoms. The van der Waals surface area contributed by atoms with Gasteiger partial charge in [0.05, 0.1) is 11.2 Å². The van der Waals surface area contributed by atoms with Gasteiger partial charge in [0.25, 0.3) is 0 Å². The lowest BCUT2D eigenvalue weighted by molar-refractivity contribution is 0.597. The van der Waals surface area contributed by atoms with Crippen LogP contribution in [0.15, 0.2) is 77.8 Å². The van der Waals surface area contributed by atoms with Gasteiger partial charge < -0.3 is 4.90 Å². The highest BCUT2D eigenvalue weighted by atomic mass is 15.2. The van der Waals surface area contributed by atoms with E-state index in [0.717, 1.165) is 11.3 Å². The molecule has 0 saturated carbocycles. The number of aliphatic imine (C=N–C) groups is 1. The fourth-order valence-electron chi connectivity index (χ4n) is 3.97. The van der Waals surface area contributed by atoms with E-state index in [1.165, 1.54) is 33.5 Å². The number of likely N-dealkylation sites (N-methyl/N-ethyl adjacent to an activating group) is 1. The average molecular weight is 381 g/mol. The highest BCUT2D eigenvalue weighted by Crippen LogP contribution is 2.39. The Bertz CT molecular complexity index is 1090. The van der Waals surface area contributed by atoms with Crippen LogP contribution in [-0.4, -0.2) is 18.8 Å². The smallest absolute Gasteiger partial charge is 0.0630 e. The molecule has 4 rings (SSSR count). The number of aryl methyl sites for hydroxylation is 1. The summed E-state index contributed by atoms with van der Waals surface area (Å²) in [5.74, 6) is 0. The summed E-state index contributed by atoms with van der Waals surface area (Å²) in [5.41, 5.74) is 9.73. The Kier molecular flexibility index (Phi) is 4.87. The van der Waals surface area contributed by atoms with Crippen LogP contribution in [0.5, 0.6) is 0 Å². The predicted molar refractivity (Wildman–Crippen MR) is 126 cm³/mol. The van der Waals surface area contributed by atoms with Crippen molar-refractivity contribution in [1.82, 2.24) is 0 Å². The van der Waals surface area contributed by atoms with Gasteiger partial charge in [0.15, 0.2) is 0 Å². The van der Waals surface area contributed by atoms with Crippen LogP contribution in [0.4, 0.5) is 11.4 Å². The number of benzene rings is 3. The van der Waals surface area contributed by atoms with E-state index in [1.54, 1.807) is 0 Å². The fraction of sp³-hybridized carbons (Fsp3) is 0.222. The first-order chi connectivity index (χ1) is 13.8. The number of allylic oxidation sites excluding steroid dienone is 1. The maximum Gasteiger partial charge on any atom is 0.0630 e. The third kappa shape index (κ3) is 3.75. The first-order valence-corrected chi connectivity index (χ1v) is 10.1. The highest BCUT2D eigenvalue weighted by Gasteiger charge is 2.28. The highest BCUT2D eigenvalue weighted by molar-refractivity contribution is 5.90. The van der Waals surface area contributed by atoms with Crippen LogP contribution in [0.3, 0.4) is 0 Å². The molecule has 146 valence electrons. The minimum atomic E-state index is 0.0274. The summed E-state index contributed by atoms with van der Waals surface area (Å²) < 4.78 is 0. The van der Waals surface area contributed by atoms with Crippen molar-refractivity contribution in [3.05, 3.63) is 89.5 Å². The van der Waals surface area contributed by atoms with Crippen LogP contribution in [0.25, 0.3) is 16.7 Å². The topological polar surface area (TPSA) is 15.6 Å². The molecule has 0 atom stereocenters. The van der Waals surface area contributed by atoms with E-state index in [1.807, 2.05) is 12.3 Å². The Morgan fingerprint density at radius 3 is 2.21 bits per heavy atom. The van der Waals surface area contributed by atoms with E-state index in [9.17, 15) is 0 Å². The van der Waals surface area contributed by atoms with Gasteiger partial charge in [-0.3, -0.25) is 4.99 Å². The van der Waals surface area contributed by atoms with E-state index >= 15 is 0 Å². The molecule has 2 heteroatoms. The molecule has 0 N–H and O–H groups in total. The quantitative estimate of drug-likeness (QED) is 0.445. The third-order valence-electron chi connectivity index (χ3n) is 5.93. The van der Waals surface area contributed by atoms with Gasteiger partial charge in [0.2, 0.25) is 0 Å². The van der Waals surface area contributed by atoms with Crippen molar-refractivity contribution in [2.45, 2.75) is 33.2 Å². The number of hydrogen-bond acceptors (Lipinski definition) is 2. The first kappa shape index (κ1) is 19.2. The third-order valence-corrected chi connectivity index (χ3v) is 5.93. The van der Waals surface area contributed by atoms with E-state index in [4.69, 9.17) is 4.99 Å². The Morgan fingerprint density at radius 1 is 0.862 bits per heavy atom. The van der Waals surface area contributed by atoms with Gasteiger partial charge in [0, 0.05) is 24.5 Å². The molecule has 0 aromatic heterocycles. The molecule has 2 nitrogen and oxygen atoms in total.